The van der Waals surface area contributed by atoms with Crippen LogP contribution >= 0.6 is 0 Å². The molecule has 0 aliphatic heterocycles. The number of hydrogen-bond donors (Lipinski definition) is 0. The van der Waals surface area contributed by atoms with Crippen LogP contribution in [0.25, 0.3) is 0 Å². The molecule has 0 radical (unpaired) electrons. The van der Waals surface area contributed by atoms with Crippen molar-refractivity contribution in [2.24, 2.45) is 5.41 Å². The van der Waals surface area contributed by atoms with Gasteiger partial charge in [-0.2, -0.15) is 5.26 Å². The number of sulfone groups is 1. The third-order valence-corrected chi connectivity index (χ3v) is 4.41. The normalized spacial score (nSPS) is 12.1. The molecule has 1 aromatic rings. The number of hydrogen-bond acceptors (Lipinski definition) is 3. The van der Waals surface area contributed by atoms with Crippen molar-refractivity contribution in [3.8, 4) is 6.07 Å². The van der Waals surface area contributed by atoms with Crippen molar-refractivity contribution < 1.29 is 8.42 Å². The Kier molecular flexibility index (Phi) is 3.94. The molecule has 0 aliphatic carbocycles. The molecule has 1 aromatic carbocycles. The van der Waals surface area contributed by atoms with E-state index in [4.69, 9.17) is 5.26 Å². The van der Waals surface area contributed by atoms with Gasteiger partial charge in [-0.1, -0.05) is 17.7 Å². The van der Waals surface area contributed by atoms with Crippen LogP contribution < -0.4 is 0 Å². The standard InChI is InChI=1S/C13H17NO2S/c1-11-4-6-12(7-5-11)17(15,16)9-8-13(2,3)10-14/h4-7H,8-9H2,1-3H3. The smallest absolute Gasteiger partial charge is 0.178 e. The van der Waals surface area contributed by atoms with Gasteiger partial charge in [-0.25, -0.2) is 8.42 Å². The first kappa shape index (κ1) is 13.7. The summed E-state index contributed by atoms with van der Waals surface area (Å²) in [5, 5.41) is 8.85. The van der Waals surface area contributed by atoms with Gasteiger partial charge in [0.05, 0.1) is 22.1 Å². The highest BCUT2D eigenvalue weighted by molar-refractivity contribution is 7.91. The van der Waals surface area contributed by atoms with Crippen LogP contribution in [0.2, 0.25) is 0 Å². The predicted octanol–water partition coefficient (Wildman–Crippen LogP) is 2.71. The Balaban J connectivity index is 2.84. The molecule has 0 N–H and O–H groups in total. The Bertz CT molecular complexity index is 522. The van der Waals surface area contributed by atoms with Crippen LogP contribution in [-0.2, 0) is 9.84 Å². The molecule has 0 heterocycles. The zero-order valence-corrected chi connectivity index (χ0v) is 11.2. The van der Waals surface area contributed by atoms with E-state index < -0.39 is 15.3 Å². The maximum absolute atomic E-state index is 12.0. The third-order valence-electron chi connectivity index (χ3n) is 2.68. The molecule has 0 spiro atoms. The van der Waals surface area contributed by atoms with Crippen LogP contribution in [0, 0.1) is 23.7 Å². The Labute approximate surface area is 103 Å². The molecule has 17 heavy (non-hydrogen) atoms. The van der Waals surface area contributed by atoms with Crippen molar-refractivity contribution in [2.75, 3.05) is 5.75 Å². The average molecular weight is 251 g/mol. The third kappa shape index (κ3) is 3.86. The van der Waals surface area contributed by atoms with Gasteiger partial charge in [-0.3, -0.25) is 0 Å². The molecular formula is C13H17NO2S. The zero-order chi connectivity index (χ0) is 13.1. The van der Waals surface area contributed by atoms with E-state index in [0.717, 1.165) is 5.56 Å². The molecule has 0 unspecified atom stereocenters. The lowest BCUT2D eigenvalue weighted by molar-refractivity contribution is 0.473. The van der Waals surface area contributed by atoms with Crippen LogP contribution in [0.15, 0.2) is 29.2 Å². The number of nitrogens with zero attached hydrogens (tertiary/aromatic N) is 1. The van der Waals surface area contributed by atoms with Crippen LogP contribution in [0.1, 0.15) is 25.8 Å². The van der Waals surface area contributed by atoms with Crippen LogP contribution in [0.4, 0.5) is 0 Å². The molecule has 0 atom stereocenters. The Morgan fingerprint density at radius 1 is 1.24 bits per heavy atom. The summed E-state index contributed by atoms with van der Waals surface area (Å²) in [5.74, 6) is 0.0105. The quantitative estimate of drug-likeness (QED) is 0.826. The Morgan fingerprint density at radius 2 is 1.76 bits per heavy atom. The summed E-state index contributed by atoms with van der Waals surface area (Å²) in [4.78, 5) is 0.330. The van der Waals surface area contributed by atoms with Crippen LogP contribution in [0.5, 0.6) is 0 Å². The van der Waals surface area contributed by atoms with Crippen LogP contribution in [-0.4, -0.2) is 14.2 Å². The molecule has 0 amide bonds. The largest absolute Gasteiger partial charge is 0.224 e. The van der Waals surface area contributed by atoms with Gasteiger partial charge in [-0.05, 0) is 39.3 Å². The number of rotatable bonds is 4. The molecule has 0 bridgehead atoms. The number of nitriles is 1. The van der Waals surface area contributed by atoms with Crippen molar-refractivity contribution in [3.05, 3.63) is 29.8 Å². The Morgan fingerprint density at radius 3 is 2.24 bits per heavy atom. The highest BCUT2D eigenvalue weighted by Crippen LogP contribution is 2.22. The molecule has 0 aliphatic rings. The minimum Gasteiger partial charge on any atom is -0.224 e. The van der Waals surface area contributed by atoms with Crippen molar-refractivity contribution in [3.63, 3.8) is 0 Å². The average Bonchev–Trinajstić information content (AvgIpc) is 2.27. The molecule has 92 valence electrons. The summed E-state index contributed by atoms with van der Waals surface area (Å²) in [6.45, 7) is 5.41. The van der Waals surface area contributed by atoms with Crippen molar-refractivity contribution in [2.45, 2.75) is 32.1 Å². The van der Waals surface area contributed by atoms with Crippen molar-refractivity contribution in [1.82, 2.24) is 0 Å². The van der Waals surface area contributed by atoms with Gasteiger partial charge in [0.2, 0.25) is 0 Å². The molecule has 0 saturated carbocycles. The molecule has 0 saturated heterocycles. The minimum atomic E-state index is -3.27. The second kappa shape index (κ2) is 4.89. The minimum absolute atomic E-state index is 0.0105. The first-order valence-corrected chi connectivity index (χ1v) is 7.13. The zero-order valence-electron chi connectivity index (χ0n) is 10.4. The van der Waals surface area contributed by atoms with E-state index in [1.54, 1.807) is 38.1 Å². The van der Waals surface area contributed by atoms with Gasteiger partial charge in [0, 0.05) is 0 Å². The van der Waals surface area contributed by atoms with Gasteiger partial charge >= 0.3 is 0 Å². The highest BCUT2D eigenvalue weighted by atomic mass is 32.2. The van der Waals surface area contributed by atoms with E-state index >= 15 is 0 Å². The van der Waals surface area contributed by atoms with Gasteiger partial charge in [0.1, 0.15) is 0 Å². The van der Waals surface area contributed by atoms with E-state index in [9.17, 15) is 8.42 Å². The first-order valence-electron chi connectivity index (χ1n) is 5.47. The van der Waals surface area contributed by atoms with E-state index in [1.165, 1.54) is 0 Å². The summed E-state index contributed by atoms with van der Waals surface area (Å²) in [7, 11) is -3.27. The fraction of sp³-hybridized carbons (Fsp3) is 0.462. The Hall–Kier alpha value is -1.34. The number of aryl methyl sites for hydroxylation is 1. The van der Waals surface area contributed by atoms with Crippen molar-refractivity contribution in [1.29, 1.82) is 5.26 Å². The predicted molar refractivity (Wildman–Crippen MR) is 67.2 cm³/mol. The first-order chi connectivity index (χ1) is 7.77. The number of benzene rings is 1. The summed E-state index contributed by atoms with van der Waals surface area (Å²) in [6, 6.07) is 8.90. The van der Waals surface area contributed by atoms with E-state index in [0.29, 0.717) is 11.3 Å². The SMILES string of the molecule is Cc1ccc(S(=O)(=O)CCC(C)(C)C#N)cc1. The summed E-state index contributed by atoms with van der Waals surface area (Å²) >= 11 is 0. The lowest BCUT2D eigenvalue weighted by Crippen LogP contribution is -2.16. The molecular weight excluding hydrogens is 234 g/mol. The van der Waals surface area contributed by atoms with E-state index in [-0.39, 0.29) is 5.75 Å². The van der Waals surface area contributed by atoms with E-state index in [2.05, 4.69) is 6.07 Å². The lowest BCUT2D eigenvalue weighted by atomic mass is 9.93. The van der Waals surface area contributed by atoms with E-state index in [1.807, 2.05) is 6.92 Å². The second-order valence-corrected chi connectivity index (χ2v) is 6.99. The van der Waals surface area contributed by atoms with Gasteiger partial charge in [0.15, 0.2) is 9.84 Å². The van der Waals surface area contributed by atoms with Gasteiger partial charge < -0.3 is 0 Å². The van der Waals surface area contributed by atoms with Gasteiger partial charge in [-0.15, -0.1) is 0 Å². The fourth-order valence-electron chi connectivity index (χ4n) is 1.31. The highest BCUT2D eigenvalue weighted by Gasteiger charge is 2.22. The second-order valence-electron chi connectivity index (χ2n) is 4.88. The van der Waals surface area contributed by atoms with Gasteiger partial charge in [0.25, 0.3) is 0 Å². The summed E-state index contributed by atoms with van der Waals surface area (Å²) in [6.07, 6.45) is 0.347. The molecule has 0 fully saturated rings. The maximum Gasteiger partial charge on any atom is 0.178 e. The molecule has 0 aromatic heterocycles. The maximum atomic E-state index is 12.0. The molecule has 4 heteroatoms. The molecule has 1 rings (SSSR count). The van der Waals surface area contributed by atoms with Crippen molar-refractivity contribution >= 4 is 9.84 Å². The molecule has 3 nitrogen and oxygen atoms in total. The summed E-state index contributed by atoms with van der Waals surface area (Å²) < 4.78 is 24.0. The fourth-order valence-corrected chi connectivity index (χ4v) is 2.87. The summed E-state index contributed by atoms with van der Waals surface area (Å²) in [5.41, 5.74) is 0.430. The van der Waals surface area contributed by atoms with Crippen LogP contribution in [0.3, 0.4) is 0 Å². The lowest BCUT2D eigenvalue weighted by Gasteiger charge is -2.14. The topological polar surface area (TPSA) is 57.9 Å². The monoisotopic (exact) mass is 251 g/mol.